The lowest BCUT2D eigenvalue weighted by Gasteiger charge is -2.07. The maximum absolute atomic E-state index is 13.0. The molecule has 1 amide bonds. The van der Waals surface area contributed by atoms with Gasteiger partial charge in [0.15, 0.2) is 0 Å². The highest BCUT2D eigenvalue weighted by Gasteiger charge is 2.21. The molecule has 5 heteroatoms. The predicted octanol–water partition coefficient (Wildman–Crippen LogP) is 1.87. The maximum atomic E-state index is 13.0. The normalized spacial score (nSPS) is 20.4. The number of fused-ring (bicyclic) bond motifs is 1. The lowest BCUT2D eigenvalue weighted by Crippen LogP contribution is -2.28. The number of rotatable bonds is 0. The Hall–Kier alpha value is -1.10. The van der Waals surface area contributed by atoms with Crippen molar-refractivity contribution in [2.45, 2.75) is 6.36 Å². The summed E-state index contributed by atoms with van der Waals surface area (Å²) in [6.45, 7) is -0.120. The van der Waals surface area contributed by atoms with E-state index in [0.29, 0.717) is 5.56 Å². The SMILES string of the molecule is O=C1NCC(F)Oc2cc(Br)ccc21. The molecule has 0 aliphatic carbocycles. The highest BCUT2D eigenvalue weighted by atomic mass is 79.9. The summed E-state index contributed by atoms with van der Waals surface area (Å²) < 4.78 is 18.7. The molecule has 0 bridgehead atoms. The van der Waals surface area contributed by atoms with Crippen molar-refractivity contribution in [2.24, 2.45) is 0 Å². The number of amides is 1. The summed E-state index contributed by atoms with van der Waals surface area (Å²) in [6.07, 6.45) is -1.49. The summed E-state index contributed by atoms with van der Waals surface area (Å²) in [5.41, 5.74) is 0.355. The number of halogens is 2. The topological polar surface area (TPSA) is 38.3 Å². The number of ether oxygens (including phenoxy) is 1. The Morgan fingerprint density at radius 1 is 1.57 bits per heavy atom. The standard InChI is InChI=1S/C9H7BrFNO2/c10-5-1-2-6-7(3-5)14-8(11)4-12-9(6)13/h1-3,8H,4H2,(H,12,13). The molecule has 1 aromatic carbocycles. The van der Waals surface area contributed by atoms with Crippen molar-refractivity contribution in [3.8, 4) is 5.75 Å². The molecule has 0 aromatic heterocycles. The van der Waals surface area contributed by atoms with Crippen LogP contribution in [0.2, 0.25) is 0 Å². The van der Waals surface area contributed by atoms with E-state index in [1.54, 1.807) is 18.2 Å². The van der Waals surface area contributed by atoms with Crippen LogP contribution in [0.5, 0.6) is 5.75 Å². The van der Waals surface area contributed by atoms with E-state index in [0.717, 1.165) is 4.47 Å². The molecule has 0 fully saturated rings. The Kier molecular flexibility index (Phi) is 2.41. The first kappa shape index (κ1) is 9.45. The smallest absolute Gasteiger partial charge is 0.255 e. The largest absolute Gasteiger partial charge is 0.458 e. The predicted molar refractivity (Wildman–Crippen MR) is 52.0 cm³/mol. The van der Waals surface area contributed by atoms with Gasteiger partial charge in [-0.25, -0.2) is 0 Å². The highest BCUT2D eigenvalue weighted by Crippen LogP contribution is 2.26. The fourth-order valence-corrected chi connectivity index (χ4v) is 1.57. The van der Waals surface area contributed by atoms with E-state index in [-0.39, 0.29) is 18.2 Å². The first-order valence-electron chi connectivity index (χ1n) is 4.05. The van der Waals surface area contributed by atoms with E-state index in [2.05, 4.69) is 21.2 Å². The van der Waals surface area contributed by atoms with Crippen LogP contribution in [0, 0.1) is 0 Å². The minimum absolute atomic E-state index is 0.120. The lowest BCUT2D eigenvalue weighted by molar-refractivity contribution is 0.0695. The van der Waals surface area contributed by atoms with Gasteiger partial charge in [0.1, 0.15) is 5.75 Å². The second kappa shape index (κ2) is 3.57. The molecule has 0 saturated heterocycles. The fraction of sp³-hybridized carbons (Fsp3) is 0.222. The zero-order valence-electron chi connectivity index (χ0n) is 7.09. The van der Waals surface area contributed by atoms with Crippen molar-refractivity contribution >= 4 is 21.8 Å². The van der Waals surface area contributed by atoms with Crippen molar-refractivity contribution in [3.05, 3.63) is 28.2 Å². The molecule has 3 nitrogen and oxygen atoms in total. The van der Waals surface area contributed by atoms with Crippen LogP contribution >= 0.6 is 15.9 Å². The van der Waals surface area contributed by atoms with E-state index in [1.165, 1.54) is 0 Å². The highest BCUT2D eigenvalue weighted by molar-refractivity contribution is 9.10. The molecule has 1 unspecified atom stereocenters. The van der Waals surface area contributed by atoms with E-state index in [4.69, 9.17) is 4.74 Å². The van der Waals surface area contributed by atoms with E-state index in [1.807, 2.05) is 0 Å². The van der Waals surface area contributed by atoms with Crippen LogP contribution in [0.3, 0.4) is 0 Å². The molecule has 74 valence electrons. The van der Waals surface area contributed by atoms with Crippen LogP contribution in [0.1, 0.15) is 10.4 Å². The maximum Gasteiger partial charge on any atom is 0.255 e. The second-order valence-electron chi connectivity index (χ2n) is 2.88. The first-order chi connectivity index (χ1) is 6.66. The average molecular weight is 260 g/mol. The lowest BCUT2D eigenvalue weighted by atomic mass is 10.2. The Morgan fingerprint density at radius 3 is 3.14 bits per heavy atom. The zero-order valence-corrected chi connectivity index (χ0v) is 8.67. The Balaban J connectivity index is 2.47. The molecule has 1 aliphatic heterocycles. The van der Waals surface area contributed by atoms with Gasteiger partial charge in [0.2, 0.25) is 0 Å². The Bertz CT molecular complexity index is 383. The zero-order chi connectivity index (χ0) is 10.1. The van der Waals surface area contributed by atoms with Crippen molar-refractivity contribution in [1.29, 1.82) is 0 Å². The van der Waals surface area contributed by atoms with Gasteiger partial charge in [0.25, 0.3) is 12.3 Å². The third-order valence-corrected chi connectivity index (χ3v) is 2.36. The van der Waals surface area contributed by atoms with Gasteiger partial charge in [-0.2, -0.15) is 4.39 Å². The van der Waals surface area contributed by atoms with Gasteiger partial charge >= 0.3 is 0 Å². The number of carbonyl (C=O) groups is 1. The quantitative estimate of drug-likeness (QED) is 0.773. The Morgan fingerprint density at radius 2 is 2.36 bits per heavy atom. The van der Waals surface area contributed by atoms with Crippen molar-refractivity contribution < 1.29 is 13.9 Å². The van der Waals surface area contributed by atoms with E-state index < -0.39 is 6.36 Å². The second-order valence-corrected chi connectivity index (χ2v) is 3.79. The van der Waals surface area contributed by atoms with E-state index >= 15 is 0 Å². The third kappa shape index (κ3) is 1.72. The average Bonchev–Trinajstić information content (AvgIpc) is 2.26. The van der Waals surface area contributed by atoms with Crippen LogP contribution in [0.15, 0.2) is 22.7 Å². The monoisotopic (exact) mass is 259 g/mol. The number of carbonyl (C=O) groups excluding carboxylic acids is 1. The summed E-state index contributed by atoms with van der Waals surface area (Å²) in [7, 11) is 0. The van der Waals surface area contributed by atoms with Gasteiger partial charge in [0, 0.05) is 4.47 Å². The summed E-state index contributed by atoms with van der Waals surface area (Å²) in [5, 5.41) is 2.42. The number of nitrogens with one attached hydrogen (secondary N) is 1. The molecule has 1 aromatic rings. The van der Waals surface area contributed by atoms with Crippen molar-refractivity contribution in [1.82, 2.24) is 5.32 Å². The first-order valence-corrected chi connectivity index (χ1v) is 4.84. The van der Waals surface area contributed by atoms with Gasteiger partial charge < -0.3 is 10.1 Å². The summed E-state index contributed by atoms with van der Waals surface area (Å²) in [5.74, 6) is -0.0467. The van der Waals surface area contributed by atoms with Gasteiger partial charge in [-0.15, -0.1) is 0 Å². The molecule has 0 saturated carbocycles. The summed E-state index contributed by atoms with van der Waals surface area (Å²) in [4.78, 5) is 11.4. The molecule has 0 radical (unpaired) electrons. The molecule has 1 atom stereocenters. The third-order valence-electron chi connectivity index (χ3n) is 1.87. The fourth-order valence-electron chi connectivity index (χ4n) is 1.23. The minimum Gasteiger partial charge on any atom is -0.458 e. The van der Waals surface area contributed by atoms with Gasteiger partial charge in [-0.05, 0) is 18.2 Å². The number of hydrogen-bond donors (Lipinski definition) is 1. The number of alkyl halides is 1. The molecule has 1 N–H and O–H groups in total. The molecule has 1 aliphatic rings. The van der Waals surface area contributed by atoms with Crippen LogP contribution in [0.4, 0.5) is 4.39 Å². The Labute approximate surface area is 88.4 Å². The van der Waals surface area contributed by atoms with Crippen LogP contribution in [-0.4, -0.2) is 18.8 Å². The van der Waals surface area contributed by atoms with Crippen LogP contribution in [0.25, 0.3) is 0 Å². The molecule has 14 heavy (non-hydrogen) atoms. The number of hydrogen-bond acceptors (Lipinski definition) is 2. The van der Waals surface area contributed by atoms with Crippen molar-refractivity contribution in [3.63, 3.8) is 0 Å². The summed E-state index contributed by atoms with van der Waals surface area (Å²) >= 11 is 3.22. The van der Waals surface area contributed by atoms with Crippen molar-refractivity contribution in [2.75, 3.05) is 6.54 Å². The number of benzene rings is 1. The molecule has 0 spiro atoms. The van der Waals surface area contributed by atoms with Gasteiger partial charge in [-0.1, -0.05) is 15.9 Å². The van der Waals surface area contributed by atoms with Crippen LogP contribution in [-0.2, 0) is 0 Å². The molecule has 1 heterocycles. The minimum atomic E-state index is -1.49. The molecular weight excluding hydrogens is 253 g/mol. The molecule has 2 rings (SSSR count). The van der Waals surface area contributed by atoms with Crippen LogP contribution < -0.4 is 10.1 Å². The van der Waals surface area contributed by atoms with Gasteiger partial charge in [0.05, 0.1) is 12.1 Å². The van der Waals surface area contributed by atoms with Gasteiger partial charge in [-0.3, -0.25) is 4.79 Å². The summed E-state index contributed by atoms with van der Waals surface area (Å²) in [6, 6.07) is 4.87. The van der Waals surface area contributed by atoms with E-state index in [9.17, 15) is 9.18 Å². The molecular formula is C9H7BrFNO2.